The normalized spacial score (nSPS) is 11.4. The SMILES string of the molecule is CC(C)(C)C(=O)NCCNCc1cccs1. The summed E-state index contributed by atoms with van der Waals surface area (Å²) in [4.78, 5) is 12.8. The van der Waals surface area contributed by atoms with Crippen LogP contribution in [-0.4, -0.2) is 19.0 Å². The molecule has 0 aliphatic carbocycles. The maximum absolute atomic E-state index is 11.5. The Morgan fingerprint density at radius 1 is 1.38 bits per heavy atom. The number of carbonyl (C=O) groups is 1. The Morgan fingerprint density at radius 2 is 2.12 bits per heavy atom. The van der Waals surface area contributed by atoms with E-state index in [4.69, 9.17) is 0 Å². The van der Waals surface area contributed by atoms with Crippen molar-refractivity contribution in [1.29, 1.82) is 0 Å². The summed E-state index contributed by atoms with van der Waals surface area (Å²) in [6.45, 7) is 8.12. The first-order chi connectivity index (χ1) is 7.50. The Morgan fingerprint density at radius 3 is 2.69 bits per heavy atom. The number of hydrogen-bond acceptors (Lipinski definition) is 3. The van der Waals surface area contributed by atoms with Crippen molar-refractivity contribution in [3.05, 3.63) is 22.4 Å². The predicted octanol–water partition coefficient (Wildman–Crippen LogP) is 2.00. The molecule has 2 N–H and O–H groups in total. The molecule has 1 amide bonds. The highest BCUT2D eigenvalue weighted by Gasteiger charge is 2.19. The van der Waals surface area contributed by atoms with Gasteiger partial charge in [0.25, 0.3) is 0 Å². The third kappa shape index (κ3) is 4.77. The molecule has 0 fully saturated rings. The standard InChI is InChI=1S/C12H20N2OS/c1-12(2,3)11(15)14-7-6-13-9-10-5-4-8-16-10/h4-5,8,13H,6-7,9H2,1-3H3,(H,14,15). The topological polar surface area (TPSA) is 41.1 Å². The van der Waals surface area contributed by atoms with E-state index in [9.17, 15) is 4.79 Å². The summed E-state index contributed by atoms with van der Waals surface area (Å²) < 4.78 is 0. The van der Waals surface area contributed by atoms with Gasteiger partial charge in [0.1, 0.15) is 0 Å². The molecule has 0 radical (unpaired) electrons. The fraction of sp³-hybridized carbons (Fsp3) is 0.583. The molecule has 0 aromatic carbocycles. The molecule has 0 aliphatic heterocycles. The van der Waals surface area contributed by atoms with Crippen LogP contribution in [0.25, 0.3) is 0 Å². The lowest BCUT2D eigenvalue weighted by Crippen LogP contribution is -2.38. The molecule has 0 saturated heterocycles. The molecule has 3 nitrogen and oxygen atoms in total. The second kappa shape index (κ2) is 6.01. The van der Waals surface area contributed by atoms with Crippen molar-refractivity contribution in [2.75, 3.05) is 13.1 Å². The van der Waals surface area contributed by atoms with Crippen molar-refractivity contribution in [2.24, 2.45) is 5.41 Å². The maximum Gasteiger partial charge on any atom is 0.225 e. The highest BCUT2D eigenvalue weighted by molar-refractivity contribution is 7.09. The van der Waals surface area contributed by atoms with Crippen LogP contribution in [0.1, 0.15) is 25.6 Å². The molecular weight excluding hydrogens is 220 g/mol. The summed E-state index contributed by atoms with van der Waals surface area (Å²) >= 11 is 1.74. The Hall–Kier alpha value is -0.870. The molecule has 16 heavy (non-hydrogen) atoms. The van der Waals surface area contributed by atoms with Crippen LogP contribution in [0.4, 0.5) is 0 Å². The van der Waals surface area contributed by atoms with E-state index in [1.54, 1.807) is 11.3 Å². The first-order valence-corrected chi connectivity index (χ1v) is 6.39. The van der Waals surface area contributed by atoms with Crippen LogP contribution in [0.15, 0.2) is 17.5 Å². The molecule has 0 saturated carbocycles. The number of rotatable bonds is 5. The first kappa shape index (κ1) is 13.2. The number of thiophene rings is 1. The summed E-state index contributed by atoms with van der Waals surface area (Å²) in [5, 5.41) is 8.26. The minimum atomic E-state index is -0.298. The van der Waals surface area contributed by atoms with E-state index < -0.39 is 0 Å². The van der Waals surface area contributed by atoms with Gasteiger partial charge in [-0.1, -0.05) is 26.8 Å². The largest absolute Gasteiger partial charge is 0.354 e. The zero-order valence-electron chi connectivity index (χ0n) is 10.2. The van der Waals surface area contributed by atoms with E-state index >= 15 is 0 Å². The van der Waals surface area contributed by atoms with Gasteiger partial charge in [-0.05, 0) is 11.4 Å². The lowest BCUT2D eigenvalue weighted by Gasteiger charge is -2.17. The van der Waals surface area contributed by atoms with E-state index in [2.05, 4.69) is 22.1 Å². The average molecular weight is 240 g/mol. The van der Waals surface area contributed by atoms with Gasteiger partial charge in [0.15, 0.2) is 0 Å². The second-order valence-electron chi connectivity index (χ2n) is 4.76. The fourth-order valence-corrected chi connectivity index (χ4v) is 1.83. The lowest BCUT2D eigenvalue weighted by atomic mass is 9.96. The molecule has 0 atom stereocenters. The number of carbonyl (C=O) groups excluding carboxylic acids is 1. The Kier molecular flexibility index (Phi) is 4.96. The second-order valence-corrected chi connectivity index (χ2v) is 5.79. The van der Waals surface area contributed by atoms with Crippen molar-refractivity contribution in [3.8, 4) is 0 Å². The number of amides is 1. The van der Waals surface area contributed by atoms with Gasteiger partial charge in [-0.2, -0.15) is 0 Å². The van der Waals surface area contributed by atoms with E-state index in [0.717, 1.165) is 13.1 Å². The third-order valence-electron chi connectivity index (χ3n) is 2.15. The van der Waals surface area contributed by atoms with Gasteiger partial charge < -0.3 is 10.6 Å². The Balaban J connectivity index is 2.06. The van der Waals surface area contributed by atoms with Gasteiger partial charge in [0.05, 0.1) is 0 Å². The summed E-state index contributed by atoms with van der Waals surface area (Å²) in [6, 6.07) is 4.15. The Bertz CT molecular complexity index is 314. The van der Waals surface area contributed by atoms with E-state index in [0.29, 0.717) is 6.54 Å². The number of hydrogen-bond donors (Lipinski definition) is 2. The van der Waals surface area contributed by atoms with Crippen LogP contribution in [0, 0.1) is 5.41 Å². The van der Waals surface area contributed by atoms with Crippen LogP contribution in [0.5, 0.6) is 0 Å². The van der Waals surface area contributed by atoms with Crippen LogP contribution in [0.3, 0.4) is 0 Å². The average Bonchev–Trinajstić information content (AvgIpc) is 2.68. The summed E-state index contributed by atoms with van der Waals surface area (Å²) in [6.07, 6.45) is 0. The molecule has 1 aromatic heterocycles. The van der Waals surface area contributed by atoms with Gasteiger partial charge in [-0.15, -0.1) is 11.3 Å². The van der Waals surface area contributed by atoms with E-state index in [1.165, 1.54) is 4.88 Å². The zero-order chi connectivity index (χ0) is 12.0. The molecular formula is C12H20N2OS. The molecule has 0 unspecified atom stereocenters. The van der Waals surface area contributed by atoms with Crippen molar-refractivity contribution in [2.45, 2.75) is 27.3 Å². The lowest BCUT2D eigenvalue weighted by molar-refractivity contribution is -0.128. The minimum Gasteiger partial charge on any atom is -0.354 e. The molecule has 0 bridgehead atoms. The summed E-state index contributed by atoms with van der Waals surface area (Å²) in [5.74, 6) is 0.102. The minimum absolute atomic E-state index is 0.102. The zero-order valence-corrected chi connectivity index (χ0v) is 11.0. The molecule has 1 rings (SSSR count). The third-order valence-corrected chi connectivity index (χ3v) is 3.02. The highest BCUT2D eigenvalue weighted by atomic mass is 32.1. The van der Waals surface area contributed by atoms with Crippen LogP contribution < -0.4 is 10.6 Å². The van der Waals surface area contributed by atoms with Crippen LogP contribution in [0.2, 0.25) is 0 Å². The van der Waals surface area contributed by atoms with Gasteiger partial charge in [-0.25, -0.2) is 0 Å². The van der Waals surface area contributed by atoms with Gasteiger partial charge in [0.2, 0.25) is 5.91 Å². The number of nitrogens with one attached hydrogen (secondary N) is 2. The maximum atomic E-state index is 11.5. The van der Waals surface area contributed by atoms with Gasteiger partial charge in [-0.3, -0.25) is 4.79 Å². The molecule has 1 heterocycles. The monoisotopic (exact) mass is 240 g/mol. The van der Waals surface area contributed by atoms with E-state index in [1.807, 2.05) is 26.8 Å². The smallest absolute Gasteiger partial charge is 0.225 e. The fourth-order valence-electron chi connectivity index (χ4n) is 1.15. The molecule has 90 valence electrons. The summed E-state index contributed by atoms with van der Waals surface area (Å²) in [5.41, 5.74) is -0.298. The van der Waals surface area contributed by atoms with E-state index in [-0.39, 0.29) is 11.3 Å². The van der Waals surface area contributed by atoms with Gasteiger partial charge in [0, 0.05) is 29.9 Å². The summed E-state index contributed by atoms with van der Waals surface area (Å²) in [7, 11) is 0. The van der Waals surface area contributed by atoms with Gasteiger partial charge >= 0.3 is 0 Å². The predicted molar refractivity (Wildman–Crippen MR) is 68.5 cm³/mol. The van der Waals surface area contributed by atoms with Crippen molar-refractivity contribution in [1.82, 2.24) is 10.6 Å². The molecule has 1 aromatic rings. The highest BCUT2D eigenvalue weighted by Crippen LogP contribution is 2.11. The molecule has 0 spiro atoms. The molecule has 4 heteroatoms. The quantitative estimate of drug-likeness (QED) is 0.773. The molecule has 0 aliphatic rings. The van der Waals surface area contributed by atoms with Crippen LogP contribution >= 0.6 is 11.3 Å². The van der Waals surface area contributed by atoms with Crippen molar-refractivity contribution in [3.63, 3.8) is 0 Å². The van der Waals surface area contributed by atoms with Crippen LogP contribution in [-0.2, 0) is 11.3 Å². The van der Waals surface area contributed by atoms with Crippen molar-refractivity contribution < 1.29 is 4.79 Å². The first-order valence-electron chi connectivity index (χ1n) is 5.51. The van der Waals surface area contributed by atoms with Crippen molar-refractivity contribution >= 4 is 17.2 Å². The Labute approximate surface area is 101 Å².